The molecule has 7 nitrogen and oxygen atoms in total. The van der Waals surface area contributed by atoms with E-state index in [9.17, 15) is 22.8 Å². The number of carbonyl (C=O) groups is 2. The van der Waals surface area contributed by atoms with Gasteiger partial charge in [-0.3, -0.25) is 14.5 Å². The van der Waals surface area contributed by atoms with Gasteiger partial charge in [0.25, 0.3) is 5.91 Å². The van der Waals surface area contributed by atoms with Gasteiger partial charge in [0, 0.05) is 30.4 Å². The number of anilines is 2. The van der Waals surface area contributed by atoms with E-state index >= 15 is 0 Å². The van der Waals surface area contributed by atoms with Crippen molar-refractivity contribution in [2.24, 2.45) is 7.05 Å². The molecule has 0 unspecified atom stereocenters. The van der Waals surface area contributed by atoms with Crippen LogP contribution < -0.4 is 10.2 Å². The van der Waals surface area contributed by atoms with Crippen molar-refractivity contribution in [1.29, 1.82) is 0 Å². The Hall–Kier alpha value is -5.25. The summed E-state index contributed by atoms with van der Waals surface area (Å²) in [6, 6.07) is 24.5. The second-order valence-corrected chi connectivity index (χ2v) is 9.76. The number of nitrogens with one attached hydrogen (secondary N) is 1. The Morgan fingerprint density at radius 3 is 2.26 bits per heavy atom. The van der Waals surface area contributed by atoms with Gasteiger partial charge in [-0.25, -0.2) is 0 Å². The normalized spacial score (nSPS) is 11.3. The summed E-state index contributed by atoms with van der Waals surface area (Å²) in [5, 5.41) is 11.1. The first-order valence-electron chi connectivity index (χ1n) is 13.0. The van der Waals surface area contributed by atoms with Gasteiger partial charge < -0.3 is 9.88 Å². The molecule has 0 aliphatic carbocycles. The van der Waals surface area contributed by atoms with Gasteiger partial charge in [-0.1, -0.05) is 54.6 Å². The van der Waals surface area contributed by atoms with Crippen LogP contribution in [0.4, 0.5) is 24.7 Å². The number of aryl methyl sites for hydroxylation is 2. The Bertz CT molecular complexity index is 1710. The third-order valence-electron chi connectivity index (χ3n) is 6.75. The minimum absolute atomic E-state index is 0.297. The van der Waals surface area contributed by atoms with Gasteiger partial charge in [0.15, 0.2) is 0 Å². The maximum absolute atomic E-state index is 13.3. The molecular formula is C32H26F3N5O2. The third kappa shape index (κ3) is 6.22. The monoisotopic (exact) mass is 569 g/mol. The maximum atomic E-state index is 13.3. The van der Waals surface area contributed by atoms with E-state index < -0.39 is 17.6 Å². The highest BCUT2D eigenvalue weighted by Crippen LogP contribution is 2.32. The fourth-order valence-electron chi connectivity index (χ4n) is 4.58. The first-order chi connectivity index (χ1) is 20.1. The van der Waals surface area contributed by atoms with Gasteiger partial charge in [-0.05, 0) is 53.9 Å². The Balaban J connectivity index is 1.31. The van der Waals surface area contributed by atoms with Crippen LogP contribution in [-0.2, 0) is 24.6 Å². The highest BCUT2D eigenvalue weighted by atomic mass is 19.4. The molecule has 3 aromatic carbocycles. The van der Waals surface area contributed by atoms with Gasteiger partial charge in [0.2, 0.25) is 6.41 Å². The van der Waals surface area contributed by atoms with Gasteiger partial charge in [-0.2, -0.15) is 23.4 Å². The summed E-state index contributed by atoms with van der Waals surface area (Å²) in [5.41, 5.74) is 4.35. The van der Waals surface area contributed by atoms with Gasteiger partial charge in [0.05, 0.1) is 29.2 Å². The van der Waals surface area contributed by atoms with Crippen molar-refractivity contribution in [1.82, 2.24) is 14.8 Å². The average molecular weight is 570 g/mol. The molecule has 42 heavy (non-hydrogen) atoms. The predicted molar refractivity (Wildman–Crippen MR) is 155 cm³/mol. The standard InChI is InChI=1S/C32H26F3N5O2/c1-21-7-16-29(38-37-21)24-10-8-22(9-11-24)18-40(20-41)30-17-26(19-39(30)2)36-31(42)28-6-4-3-5-27(28)23-12-14-25(15-13-23)32(33,34)35/h3-17,19-20H,18H2,1-2H3,(H,36,42). The van der Waals surface area contributed by atoms with E-state index in [1.54, 1.807) is 48.1 Å². The fraction of sp³-hybridized carbons (Fsp3) is 0.125. The summed E-state index contributed by atoms with van der Waals surface area (Å²) in [6.45, 7) is 2.17. The van der Waals surface area contributed by atoms with Crippen LogP contribution in [0.15, 0.2) is 97.2 Å². The van der Waals surface area contributed by atoms with E-state index in [1.807, 2.05) is 43.3 Å². The molecule has 0 atom stereocenters. The number of alkyl halides is 3. The van der Waals surface area contributed by atoms with Gasteiger partial charge in [0.1, 0.15) is 5.82 Å². The number of carbonyl (C=O) groups excluding carboxylic acids is 2. The Morgan fingerprint density at radius 1 is 0.929 bits per heavy atom. The summed E-state index contributed by atoms with van der Waals surface area (Å²) >= 11 is 0. The summed E-state index contributed by atoms with van der Waals surface area (Å²) in [4.78, 5) is 26.8. The molecule has 0 aliphatic rings. The summed E-state index contributed by atoms with van der Waals surface area (Å²) in [7, 11) is 1.76. The summed E-state index contributed by atoms with van der Waals surface area (Å²) in [6.07, 6.45) is -2.04. The Kier molecular flexibility index (Phi) is 7.88. The largest absolute Gasteiger partial charge is 0.416 e. The number of hydrogen-bond acceptors (Lipinski definition) is 4. The lowest BCUT2D eigenvalue weighted by Crippen LogP contribution is -2.22. The molecule has 0 spiro atoms. The van der Waals surface area contributed by atoms with Crippen LogP contribution in [0.1, 0.15) is 27.2 Å². The molecule has 5 rings (SSSR count). The quantitative estimate of drug-likeness (QED) is 0.206. The van der Waals surface area contributed by atoms with Crippen molar-refractivity contribution >= 4 is 23.8 Å². The highest BCUT2D eigenvalue weighted by Gasteiger charge is 2.30. The third-order valence-corrected chi connectivity index (χ3v) is 6.75. The van der Waals surface area contributed by atoms with E-state index in [0.717, 1.165) is 41.1 Å². The fourth-order valence-corrected chi connectivity index (χ4v) is 4.58. The second kappa shape index (κ2) is 11.7. The van der Waals surface area contributed by atoms with Crippen molar-refractivity contribution in [3.8, 4) is 22.4 Å². The zero-order valence-electron chi connectivity index (χ0n) is 22.8. The van der Waals surface area contributed by atoms with Crippen LogP contribution in [0.25, 0.3) is 22.4 Å². The molecule has 0 radical (unpaired) electrons. The summed E-state index contributed by atoms with van der Waals surface area (Å²) in [5.74, 6) is 0.125. The molecule has 1 N–H and O–H groups in total. The van der Waals surface area contributed by atoms with E-state index in [0.29, 0.717) is 34.7 Å². The molecule has 0 saturated carbocycles. The van der Waals surface area contributed by atoms with Crippen LogP contribution >= 0.6 is 0 Å². The number of nitrogens with zero attached hydrogens (tertiary/aromatic N) is 4. The molecule has 0 saturated heterocycles. The topological polar surface area (TPSA) is 80.1 Å². The lowest BCUT2D eigenvalue weighted by atomic mass is 9.98. The molecule has 0 bridgehead atoms. The lowest BCUT2D eigenvalue weighted by molar-refractivity contribution is -0.137. The molecule has 0 aliphatic heterocycles. The van der Waals surface area contributed by atoms with Crippen molar-refractivity contribution in [3.63, 3.8) is 0 Å². The molecule has 5 aromatic rings. The van der Waals surface area contributed by atoms with E-state index in [-0.39, 0.29) is 0 Å². The van der Waals surface area contributed by atoms with Crippen molar-refractivity contribution in [2.75, 3.05) is 10.2 Å². The minimum atomic E-state index is -4.45. The lowest BCUT2D eigenvalue weighted by Gasteiger charge is -2.18. The van der Waals surface area contributed by atoms with Crippen molar-refractivity contribution in [2.45, 2.75) is 19.6 Å². The Labute approximate surface area is 240 Å². The zero-order chi connectivity index (χ0) is 29.9. The first kappa shape index (κ1) is 28.3. The van der Waals surface area contributed by atoms with E-state index in [4.69, 9.17) is 0 Å². The number of aromatic nitrogens is 3. The van der Waals surface area contributed by atoms with Crippen LogP contribution in [-0.4, -0.2) is 27.1 Å². The number of hydrogen-bond donors (Lipinski definition) is 1. The minimum Gasteiger partial charge on any atom is -0.335 e. The number of halogens is 3. The number of benzene rings is 3. The number of rotatable bonds is 8. The van der Waals surface area contributed by atoms with E-state index in [2.05, 4.69) is 15.5 Å². The SMILES string of the molecule is Cc1ccc(-c2ccc(CN(C=O)c3cc(NC(=O)c4ccccc4-c4ccc(C(F)(F)F)cc4)cn3C)cc2)nn1. The van der Waals surface area contributed by atoms with E-state index in [1.165, 1.54) is 17.0 Å². The van der Waals surface area contributed by atoms with Crippen LogP contribution in [0.2, 0.25) is 0 Å². The van der Waals surface area contributed by atoms with Crippen molar-refractivity contribution < 1.29 is 22.8 Å². The number of amides is 2. The van der Waals surface area contributed by atoms with Crippen molar-refractivity contribution in [3.05, 3.63) is 120 Å². The molecular weight excluding hydrogens is 543 g/mol. The van der Waals surface area contributed by atoms with Crippen LogP contribution in [0.5, 0.6) is 0 Å². The summed E-state index contributed by atoms with van der Waals surface area (Å²) < 4.78 is 40.7. The first-order valence-corrected chi connectivity index (χ1v) is 13.0. The maximum Gasteiger partial charge on any atom is 0.416 e. The average Bonchev–Trinajstić information content (AvgIpc) is 3.35. The van der Waals surface area contributed by atoms with Gasteiger partial charge >= 0.3 is 6.18 Å². The molecule has 2 amide bonds. The van der Waals surface area contributed by atoms with Crippen LogP contribution in [0.3, 0.4) is 0 Å². The Morgan fingerprint density at radius 2 is 1.62 bits per heavy atom. The molecule has 0 fully saturated rings. The zero-order valence-corrected chi connectivity index (χ0v) is 22.8. The highest BCUT2D eigenvalue weighted by molar-refractivity contribution is 6.09. The smallest absolute Gasteiger partial charge is 0.335 e. The molecule has 2 heterocycles. The predicted octanol–water partition coefficient (Wildman–Crippen LogP) is 6.89. The molecule has 212 valence electrons. The second-order valence-electron chi connectivity index (χ2n) is 9.76. The molecule has 10 heteroatoms. The van der Waals surface area contributed by atoms with Crippen LogP contribution in [0, 0.1) is 6.92 Å². The molecule has 2 aromatic heterocycles. The van der Waals surface area contributed by atoms with Gasteiger partial charge in [-0.15, -0.1) is 0 Å².